The molecule has 3 aliphatic heterocycles. The number of piperidine rings is 1. The molecule has 5 heterocycles. The average Bonchev–Trinajstić information content (AvgIpc) is 3.01. The number of aromatic nitrogens is 2. The molecule has 0 saturated carbocycles. The van der Waals surface area contributed by atoms with Crippen LogP contribution in [0.1, 0.15) is 28.9 Å². The Morgan fingerprint density at radius 1 is 1.00 bits per heavy atom. The van der Waals surface area contributed by atoms with Crippen LogP contribution in [0.15, 0.2) is 48.9 Å². The molecule has 2 bridgehead atoms. The van der Waals surface area contributed by atoms with Crippen LogP contribution in [0.25, 0.3) is 0 Å². The minimum atomic E-state index is -0.0362. The van der Waals surface area contributed by atoms with Crippen LogP contribution in [0.4, 0.5) is 0 Å². The number of hydrogen-bond donors (Lipinski definition) is 0. The van der Waals surface area contributed by atoms with Gasteiger partial charge in [0.25, 0.3) is 5.91 Å². The van der Waals surface area contributed by atoms with Crippen molar-refractivity contribution in [1.82, 2.24) is 19.8 Å². The molecule has 0 N–H and O–H groups in total. The number of nitrogens with zero attached hydrogens (tertiary/aromatic N) is 4. The molecule has 134 valence electrons. The molecular weight excluding hydrogens is 328 g/mol. The molecule has 3 aliphatic rings. The Morgan fingerprint density at radius 3 is 2.62 bits per heavy atom. The summed E-state index contributed by atoms with van der Waals surface area (Å²) in [6.07, 6.45) is 7.48. The molecule has 5 rings (SSSR count). The highest BCUT2D eigenvalue weighted by Gasteiger charge is 2.38. The summed E-state index contributed by atoms with van der Waals surface area (Å²) in [5, 5.41) is 0. The average molecular weight is 350 g/mol. The highest BCUT2D eigenvalue weighted by Crippen LogP contribution is 2.29. The quantitative estimate of drug-likeness (QED) is 0.846. The molecule has 3 fully saturated rings. The summed E-state index contributed by atoms with van der Waals surface area (Å²) < 4.78 is 0. The van der Waals surface area contributed by atoms with Crippen molar-refractivity contribution in [1.29, 1.82) is 0 Å². The van der Waals surface area contributed by atoms with Gasteiger partial charge in [0.15, 0.2) is 0 Å². The van der Waals surface area contributed by atoms with Crippen LogP contribution in [-0.2, 0) is 11.2 Å². The van der Waals surface area contributed by atoms with Crippen molar-refractivity contribution in [2.75, 3.05) is 19.6 Å². The molecule has 3 saturated heterocycles. The van der Waals surface area contributed by atoms with Gasteiger partial charge in [-0.25, -0.2) is 0 Å². The maximum atomic E-state index is 12.8. The third-order valence-corrected chi connectivity index (χ3v) is 5.31. The topological polar surface area (TPSA) is 66.4 Å². The molecular formula is C20H22N4O2. The molecule has 2 aromatic rings. The molecule has 0 aliphatic carbocycles. The van der Waals surface area contributed by atoms with E-state index in [0.717, 1.165) is 24.9 Å². The summed E-state index contributed by atoms with van der Waals surface area (Å²) in [6.45, 7) is 2.03. The van der Waals surface area contributed by atoms with Gasteiger partial charge in [0.1, 0.15) is 5.69 Å². The van der Waals surface area contributed by atoms with Gasteiger partial charge in [0.2, 0.25) is 5.91 Å². The van der Waals surface area contributed by atoms with Gasteiger partial charge in [-0.1, -0.05) is 6.07 Å². The normalized spacial score (nSPS) is 22.2. The number of carbonyl (C=O) groups is 2. The molecule has 26 heavy (non-hydrogen) atoms. The highest BCUT2D eigenvalue weighted by atomic mass is 16.2. The molecule has 2 atom stereocenters. The SMILES string of the molecule is O=C(c1ccccn1)N1CC2CCC(C1)N(C(=O)Cc1ccncc1)C2. The first-order chi connectivity index (χ1) is 12.7. The molecule has 0 aromatic carbocycles. The van der Waals surface area contributed by atoms with Crippen molar-refractivity contribution in [3.63, 3.8) is 0 Å². The zero-order valence-corrected chi connectivity index (χ0v) is 14.6. The molecule has 2 unspecified atom stereocenters. The van der Waals surface area contributed by atoms with Crippen molar-refractivity contribution in [2.24, 2.45) is 5.92 Å². The predicted octanol–water partition coefficient (Wildman–Crippen LogP) is 1.78. The summed E-state index contributed by atoms with van der Waals surface area (Å²) in [4.78, 5) is 37.7. The lowest BCUT2D eigenvalue weighted by atomic mass is 9.94. The number of hydrogen-bond acceptors (Lipinski definition) is 4. The Kier molecular flexibility index (Phi) is 4.65. The second-order valence-corrected chi connectivity index (χ2v) is 7.10. The van der Waals surface area contributed by atoms with Crippen LogP contribution in [0, 0.1) is 5.92 Å². The Balaban J connectivity index is 1.48. The van der Waals surface area contributed by atoms with E-state index in [1.165, 1.54) is 0 Å². The minimum Gasteiger partial charge on any atom is -0.337 e. The van der Waals surface area contributed by atoms with Gasteiger partial charge in [-0.2, -0.15) is 0 Å². The Bertz CT molecular complexity index is 781. The van der Waals surface area contributed by atoms with E-state index in [1.807, 2.05) is 34.1 Å². The maximum Gasteiger partial charge on any atom is 0.272 e. The minimum absolute atomic E-state index is 0.0362. The van der Waals surface area contributed by atoms with E-state index in [1.54, 1.807) is 24.7 Å². The van der Waals surface area contributed by atoms with Crippen LogP contribution in [0.5, 0.6) is 0 Å². The maximum absolute atomic E-state index is 12.8. The van der Waals surface area contributed by atoms with Crippen LogP contribution >= 0.6 is 0 Å². The molecule has 2 amide bonds. The number of pyridine rings is 2. The number of carbonyl (C=O) groups excluding carboxylic acids is 2. The lowest BCUT2D eigenvalue weighted by molar-refractivity contribution is -0.134. The van der Waals surface area contributed by atoms with Gasteiger partial charge in [0.05, 0.1) is 6.42 Å². The molecule has 6 nitrogen and oxygen atoms in total. The summed E-state index contributed by atoms with van der Waals surface area (Å²) in [7, 11) is 0. The first-order valence-electron chi connectivity index (χ1n) is 9.09. The fourth-order valence-corrected chi connectivity index (χ4v) is 3.98. The standard InChI is InChI=1S/C20H22N4O2/c25-19(11-15-6-9-21-10-7-15)24-13-16-4-5-17(24)14-23(12-16)20(26)18-3-1-2-8-22-18/h1-3,6-10,16-17H,4-5,11-14H2. The summed E-state index contributed by atoms with van der Waals surface area (Å²) in [6, 6.07) is 9.24. The second-order valence-electron chi connectivity index (χ2n) is 7.10. The van der Waals surface area contributed by atoms with Crippen molar-refractivity contribution in [3.8, 4) is 0 Å². The fraction of sp³-hybridized carbons (Fsp3) is 0.400. The fourth-order valence-electron chi connectivity index (χ4n) is 3.98. The first kappa shape index (κ1) is 16.7. The van der Waals surface area contributed by atoms with E-state index in [9.17, 15) is 9.59 Å². The van der Waals surface area contributed by atoms with Gasteiger partial charge in [-0.15, -0.1) is 0 Å². The van der Waals surface area contributed by atoms with Crippen molar-refractivity contribution in [3.05, 3.63) is 60.2 Å². The van der Waals surface area contributed by atoms with E-state index in [4.69, 9.17) is 0 Å². The van der Waals surface area contributed by atoms with Crippen LogP contribution < -0.4 is 0 Å². The van der Waals surface area contributed by atoms with Crippen LogP contribution in [0.3, 0.4) is 0 Å². The van der Waals surface area contributed by atoms with Gasteiger partial charge in [-0.05, 0) is 48.6 Å². The van der Waals surface area contributed by atoms with E-state index >= 15 is 0 Å². The molecule has 0 radical (unpaired) electrons. The smallest absolute Gasteiger partial charge is 0.272 e. The second kappa shape index (κ2) is 7.23. The van der Waals surface area contributed by atoms with Gasteiger partial charge < -0.3 is 9.80 Å². The van der Waals surface area contributed by atoms with Crippen LogP contribution in [-0.4, -0.2) is 57.3 Å². The lowest BCUT2D eigenvalue weighted by Gasteiger charge is -2.36. The largest absolute Gasteiger partial charge is 0.337 e. The van der Waals surface area contributed by atoms with E-state index in [0.29, 0.717) is 31.1 Å². The summed E-state index contributed by atoms with van der Waals surface area (Å²) >= 11 is 0. The van der Waals surface area contributed by atoms with Gasteiger partial charge in [0, 0.05) is 44.3 Å². The number of rotatable bonds is 3. The zero-order valence-electron chi connectivity index (χ0n) is 14.6. The Hall–Kier alpha value is -2.76. The lowest BCUT2D eigenvalue weighted by Crippen LogP contribution is -2.48. The Labute approximate surface area is 152 Å². The number of fused-ring (bicyclic) bond motifs is 4. The van der Waals surface area contributed by atoms with Crippen molar-refractivity contribution >= 4 is 11.8 Å². The van der Waals surface area contributed by atoms with E-state index in [-0.39, 0.29) is 17.9 Å². The van der Waals surface area contributed by atoms with Crippen LogP contribution in [0.2, 0.25) is 0 Å². The Morgan fingerprint density at radius 2 is 1.85 bits per heavy atom. The molecule has 6 heteroatoms. The van der Waals surface area contributed by atoms with Crippen molar-refractivity contribution in [2.45, 2.75) is 25.3 Å². The predicted molar refractivity (Wildman–Crippen MR) is 96.3 cm³/mol. The first-order valence-corrected chi connectivity index (χ1v) is 9.09. The van der Waals surface area contributed by atoms with E-state index in [2.05, 4.69) is 9.97 Å². The molecule has 2 aromatic heterocycles. The van der Waals surface area contributed by atoms with Gasteiger partial charge in [-0.3, -0.25) is 19.6 Å². The zero-order chi connectivity index (χ0) is 17.9. The van der Waals surface area contributed by atoms with E-state index < -0.39 is 0 Å². The summed E-state index contributed by atoms with van der Waals surface area (Å²) in [5.41, 5.74) is 1.45. The third-order valence-electron chi connectivity index (χ3n) is 5.31. The molecule has 0 spiro atoms. The number of amides is 2. The monoisotopic (exact) mass is 350 g/mol. The highest BCUT2D eigenvalue weighted by molar-refractivity contribution is 5.92. The summed E-state index contributed by atoms with van der Waals surface area (Å²) in [5.74, 6) is 0.437. The third kappa shape index (κ3) is 3.45. The van der Waals surface area contributed by atoms with Gasteiger partial charge >= 0.3 is 0 Å². The van der Waals surface area contributed by atoms with Crippen molar-refractivity contribution < 1.29 is 9.59 Å².